The van der Waals surface area contributed by atoms with Gasteiger partial charge in [-0.15, -0.1) is 0 Å². The molecule has 0 spiro atoms. The van der Waals surface area contributed by atoms with Crippen LogP contribution >= 0.6 is 0 Å². The van der Waals surface area contributed by atoms with E-state index in [2.05, 4.69) is 47.8 Å². The fourth-order valence-corrected chi connectivity index (χ4v) is 6.58. The SMILES string of the molecule is CC(=O)c1ccc2c(C3CCCC3)cn(C)c2c1.CC(C)OC(=O)c1ccc2c(C3CCCC3)cn(C)c2c1. The number of carbonyl (C=O) groups excluding carboxylic acids is 2. The van der Waals surface area contributed by atoms with Crippen molar-refractivity contribution in [1.82, 2.24) is 9.13 Å². The van der Waals surface area contributed by atoms with E-state index >= 15 is 0 Å². The van der Waals surface area contributed by atoms with Crippen molar-refractivity contribution in [1.29, 1.82) is 0 Å². The second-order valence-corrected chi connectivity index (χ2v) is 11.8. The van der Waals surface area contributed by atoms with Crippen molar-refractivity contribution in [2.75, 3.05) is 0 Å². The molecule has 39 heavy (non-hydrogen) atoms. The average molecular weight is 527 g/mol. The molecule has 2 heterocycles. The monoisotopic (exact) mass is 526 g/mol. The fraction of sp³-hybridized carbons (Fsp3) is 0.471. The molecule has 5 nitrogen and oxygen atoms in total. The molecule has 2 aliphatic rings. The summed E-state index contributed by atoms with van der Waals surface area (Å²) in [5, 5.41) is 2.61. The molecule has 0 radical (unpaired) electrons. The van der Waals surface area contributed by atoms with E-state index in [0.29, 0.717) is 11.5 Å². The van der Waals surface area contributed by atoms with Crippen LogP contribution in [-0.4, -0.2) is 27.0 Å². The lowest BCUT2D eigenvalue weighted by molar-refractivity contribution is 0.0378. The van der Waals surface area contributed by atoms with Crippen LogP contribution in [0, 0.1) is 0 Å². The lowest BCUT2D eigenvalue weighted by atomic mass is 9.96. The van der Waals surface area contributed by atoms with E-state index in [1.807, 2.05) is 38.1 Å². The van der Waals surface area contributed by atoms with Crippen molar-refractivity contribution in [2.45, 2.75) is 90.1 Å². The Labute approximate surface area is 232 Å². The van der Waals surface area contributed by atoms with Crippen LogP contribution in [0.3, 0.4) is 0 Å². The van der Waals surface area contributed by atoms with Gasteiger partial charge in [-0.3, -0.25) is 4.79 Å². The van der Waals surface area contributed by atoms with Gasteiger partial charge in [-0.05, 0) is 87.6 Å². The summed E-state index contributed by atoms with van der Waals surface area (Å²) in [5.74, 6) is 1.30. The van der Waals surface area contributed by atoms with E-state index in [-0.39, 0.29) is 17.9 Å². The molecule has 4 aromatic rings. The Morgan fingerprint density at radius 3 is 1.62 bits per heavy atom. The number of carbonyl (C=O) groups is 2. The van der Waals surface area contributed by atoms with Crippen LogP contribution in [0.1, 0.15) is 116 Å². The van der Waals surface area contributed by atoms with Gasteiger partial charge in [0.15, 0.2) is 5.78 Å². The van der Waals surface area contributed by atoms with Crippen molar-refractivity contribution >= 4 is 33.6 Å². The summed E-state index contributed by atoms with van der Waals surface area (Å²) in [6.45, 7) is 5.37. The lowest BCUT2D eigenvalue weighted by Gasteiger charge is -2.09. The molecular weight excluding hydrogens is 484 g/mol. The zero-order valence-corrected chi connectivity index (χ0v) is 24.1. The molecule has 5 heteroatoms. The van der Waals surface area contributed by atoms with E-state index < -0.39 is 0 Å². The number of ether oxygens (including phenoxy) is 1. The van der Waals surface area contributed by atoms with Crippen molar-refractivity contribution in [2.24, 2.45) is 14.1 Å². The van der Waals surface area contributed by atoms with Gasteiger partial charge in [0.1, 0.15) is 0 Å². The molecule has 2 fully saturated rings. The zero-order chi connectivity index (χ0) is 27.7. The number of hydrogen-bond donors (Lipinski definition) is 0. The number of aryl methyl sites for hydroxylation is 2. The van der Waals surface area contributed by atoms with Gasteiger partial charge in [0.2, 0.25) is 0 Å². The molecule has 0 aliphatic heterocycles. The van der Waals surface area contributed by atoms with Gasteiger partial charge in [-0.1, -0.05) is 43.9 Å². The highest BCUT2D eigenvalue weighted by Gasteiger charge is 2.23. The second-order valence-electron chi connectivity index (χ2n) is 11.8. The van der Waals surface area contributed by atoms with E-state index in [4.69, 9.17) is 4.74 Å². The maximum atomic E-state index is 12.0. The van der Waals surface area contributed by atoms with E-state index in [0.717, 1.165) is 17.0 Å². The second kappa shape index (κ2) is 11.4. The molecule has 2 saturated carbocycles. The molecule has 206 valence electrons. The van der Waals surface area contributed by atoms with Gasteiger partial charge in [0.05, 0.1) is 11.7 Å². The van der Waals surface area contributed by atoms with Crippen LogP contribution in [-0.2, 0) is 18.8 Å². The number of ketones is 1. The Morgan fingerprint density at radius 1 is 0.744 bits per heavy atom. The van der Waals surface area contributed by atoms with Crippen LogP contribution in [0.4, 0.5) is 0 Å². The van der Waals surface area contributed by atoms with Crippen LogP contribution in [0.25, 0.3) is 21.8 Å². The van der Waals surface area contributed by atoms with Gasteiger partial charge >= 0.3 is 5.97 Å². The molecule has 0 N–H and O–H groups in total. The molecule has 0 unspecified atom stereocenters. The molecule has 2 aliphatic carbocycles. The predicted octanol–water partition coefficient (Wildman–Crippen LogP) is 8.44. The maximum absolute atomic E-state index is 12.0. The Morgan fingerprint density at radius 2 is 1.18 bits per heavy atom. The van der Waals surface area contributed by atoms with Crippen molar-refractivity contribution in [3.05, 3.63) is 71.0 Å². The summed E-state index contributed by atoms with van der Waals surface area (Å²) in [6.07, 6.45) is 15.0. The normalized spacial score (nSPS) is 16.3. The van der Waals surface area contributed by atoms with E-state index in [1.54, 1.807) is 6.92 Å². The first-order chi connectivity index (χ1) is 18.7. The van der Waals surface area contributed by atoms with Crippen LogP contribution < -0.4 is 0 Å². The third-order valence-electron chi connectivity index (χ3n) is 8.62. The summed E-state index contributed by atoms with van der Waals surface area (Å²) in [4.78, 5) is 23.5. The Hall–Kier alpha value is -3.34. The van der Waals surface area contributed by atoms with Crippen molar-refractivity contribution in [3.63, 3.8) is 0 Å². The van der Waals surface area contributed by atoms with Gasteiger partial charge in [-0.2, -0.15) is 0 Å². The number of esters is 1. The smallest absolute Gasteiger partial charge is 0.338 e. The van der Waals surface area contributed by atoms with Crippen molar-refractivity contribution < 1.29 is 14.3 Å². The third-order valence-corrected chi connectivity index (χ3v) is 8.62. The number of Topliss-reactive ketones (excluding diaryl/α,β-unsaturated/α-hetero) is 1. The summed E-state index contributed by atoms with van der Waals surface area (Å²) in [7, 11) is 4.13. The number of nitrogens with zero attached hydrogens (tertiary/aromatic N) is 2. The van der Waals surface area contributed by atoms with Crippen LogP contribution in [0.2, 0.25) is 0 Å². The lowest BCUT2D eigenvalue weighted by Crippen LogP contribution is -2.11. The largest absolute Gasteiger partial charge is 0.459 e. The van der Waals surface area contributed by atoms with Crippen molar-refractivity contribution in [3.8, 4) is 0 Å². The Balaban J connectivity index is 0.000000160. The molecular formula is C34H42N2O3. The molecule has 2 aromatic heterocycles. The van der Waals surface area contributed by atoms with E-state index in [9.17, 15) is 9.59 Å². The highest BCUT2D eigenvalue weighted by atomic mass is 16.5. The minimum absolute atomic E-state index is 0.0874. The van der Waals surface area contributed by atoms with Gasteiger partial charge < -0.3 is 13.9 Å². The topological polar surface area (TPSA) is 53.2 Å². The zero-order valence-electron chi connectivity index (χ0n) is 24.1. The summed E-state index contributed by atoms with van der Waals surface area (Å²) in [6, 6.07) is 12.0. The third kappa shape index (κ3) is 5.68. The van der Waals surface area contributed by atoms with Gasteiger partial charge in [0.25, 0.3) is 0 Å². The quantitative estimate of drug-likeness (QED) is 0.194. The summed E-state index contributed by atoms with van der Waals surface area (Å²) < 4.78 is 9.58. The number of rotatable bonds is 5. The summed E-state index contributed by atoms with van der Waals surface area (Å²) in [5.41, 5.74) is 6.66. The van der Waals surface area contributed by atoms with Crippen LogP contribution in [0.5, 0.6) is 0 Å². The molecule has 6 rings (SSSR count). The number of fused-ring (bicyclic) bond motifs is 2. The van der Waals surface area contributed by atoms with Gasteiger partial charge in [-0.25, -0.2) is 4.79 Å². The molecule has 0 saturated heterocycles. The average Bonchev–Trinajstić information content (AvgIpc) is 3.71. The fourth-order valence-electron chi connectivity index (χ4n) is 6.58. The predicted molar refractivity (Wildman–Crippen MR) is 159 cm³/mol. The molecule has 0 bridgehead atoms. The minimum Gasteiger partial charge on any atom is -0.459 e. The van der Waals surface area contributed by atoms with E-state index in [1.165, 1.54) is 78.8 Å². The molecule has 2 aromatic carbocycles. The number of aromatic nitrogens is 2. The standard InChI is InChI=1S/C18H23NO2.C16H19NO/c1-12(2)21-18(20)14-8-9-15-16(13-6-4-5-7-13)11-19(3)17(15)10-14;1-11(18)13-7-8-14-15(12-5-3-4-6-12)10-17(2)16(14)9-13/h8-13H,4-7H2,1-3H3;7-10,12H,3-6H2,1-2H3. The number of benzene rings is 2. The first-order valence-electron chi connectivity index (χ1n) is 14.6. The molecule has 0 atom stereocenters. The molecule has 0 amide bonds. The van der Waals surface area contributed by atoms with Crippen LogP contribution in [0.15, 0.2) is 48.8 Å². The summed E-state index contributed by atoms with van der Waals surface area (Å²) >= 11 is 0. The number of hydrogen-bond acceptors (Lipinski definition) is 3. The maximum Gasteiger partial charge on any atom is 0.338 e. The minimum atomic E-state index is -0.240. The Bertz CT molecular complexity index is 1490. The highest BCUT2D eigenvalue weighted by molar-refractivity contribution is 5.99. The van der Waals surface area contributed by atoms with Gasteiger partial charge in [0, 0.05) is 53.9 Å². The highest BCUT2D eigenvalue weighted by Crippen LogP contribution is 2.39. The first-order valence-corrected chi connectivity index (χ1v) is 14.6. The Kier molecular flexibility index (Phi) is 7.97. The first kappa shape index (κ1) is 27.2.